The van der Waals surface area contributed by atoms with Crippen LogP contribution in [0.15, 0.2) is 35.5 Å². The maximum absolute atomic E-state index is 13.7. The van der Waals surface area contributed by atoms with Crippen LogP contribution in [0.2, 0.25) is 0 Å². The lowest BCUT2D eigenvalue weighted by atomic mass is 10.1. The Morgan fingerprint density at radius 2 is 2.05 bits per heavy atom. The van der Waals surface area contributed by atoms with Gasteiger partial charge < -0.3 is 4.98 Å². The van der Waals surface area contributed by atoms with E-state index in [1.54, 1.807) is 32.0 Å². The molecule has 110 valence electrons. The molecule has 0 spiro atoms. The number of rotatable bonds is 2. The fourth-order valence-electron chi connectivity index (χ4n) is 2.45. The number of aryl methyl sites for hydroxylation is 1. The zero-order valence-corrected chi connectivity index (χ0v) is 12.0. The molecule has 22 heavy (non-hydrogen) atoms. The largest absolute Gasteiger partial charge is 0.338 e. The van der Waals surface area contributed by atoms with Gasteiger partial charge in [-0.2, -0.15) is 0 Å². The summed E-state index contributed by atoms with van der Waals surface area (Å²) in [5, 5.41) is 2.42. The molecule has 0 aliphatic rings. The van der Waals surface area contributed by atoms with Gasteiger partial charge in [-0.3, -0.25) is 4.79 Å². The predicted molar refractivity (Wildman–Crippen MR) is 81.1 cm³/mol. The molecule has 6 heteroatoms. The number of halogens is 1. The van der Waals surface area contributed by atoms with E-state index in [0.717, 1.165) is 11.1 Å². The number of imidazole rings is 1. The van der Waals surface area contributed by atoms with Crippen LogP contribution in [0.1, 0.15) is 21.5 Å². The van der Waals surface area contributed by atoms with E-state index in [1.165, 1.54) is 12.1 Å². The van der Waals surface area contributed by atoms with E-state index in [-0.39, 0.29) is 11.4 Å². The first kappa shape index (κ1) is 14.1. The number of carbonyl (C=O) groups excluding carboxylic acids is 1. The molecular weight excluding hydrogens is 285 g/mol. The number of aromatic nitrogens is 2. The summed E-state index contributed by atoms with van der Waals surface area (Å²) < 4.78 is 13.7. The Balaban J connectivity index is 2.22. The Morgan fingerprint density at radius 3 is 2.77 bits per heavy atom. The highest BCUT2D eigenvalue weighted by Crippen LogP contribution is 2.27. The van der Waals surface area contributed by atoms with E-state index in [0.29, 0.717) is 22.5 Å². The highest BCUT2D eigenvalue weighted by atomic mass is 19.1. The van der Waals surface area contributed by atoms with Gasteiger partial charge >= 0.3 is 5.91 Å². The van der Waals surface area contributed by atoms with Gasteiger partial charge in [-0.15, -0.1) is 4.91 Å². The summed E-state index contributed by atoms with van der Waals surface area (Å²) in [6.45, 7) is 3.47. The quantitative estimate of drug-likeness (QED) is 0.729. The molecule has 5 nitrogen and oxygen atoms in total. The minimum absolute atomic E-state index is 0.189. The third-order valence-corrected chi connectivity index (χ3v) is 3.64. The van der Waals surface area contributed by atoms with Crippen molar-refractivity contribution < 1.29 is 9.18 Å². The summed E-state index contributed by atoms with van der Waals surface area (Å²) in [6.07, 6.45) is 0. The predicted octanol–water partition coefficient (Wildman–Crippen LogP) is 3.89. The van der Waals surface area contributed by atoms with E-state index in [2.05, 4.69) is 15.1 Å². The minimum atomic E-state index is -0.837. The molecular formula is C16H12FN3O2. The highest BCUT2D eigenvalue weighted by Gasteiger charge is 2.14. The average molecular weight is 297 g/mol. The SMILES string of the molecule is Cc1c(F)cccc1-c1nc2cc(C(=O)N=O)cc(C)c2[nH]1. The molecule has 2 aromatic carbocycles. The first-order valence-electron chi connectivity index (χ1n) is 6.65. The lowest BCUT2D eigenvalue weighted by Gasteiger charge is -2.02. The van der Waals surface area contributed by atoms with Crippen molar-refractivity contribution in [2.45, 2.75) is 13.8 Å². The number of hydrogen-bond donors (Lipinski definition) is 1. The summed E-state index contributed by atoms with van der Waals surface area (Å²) in [5.41, 5.74) is 3.36. The smallest absolute Gasteiger partial charge is 0.316 e. The average Bonchev–Trinajstić information content (AvgIpc) is 2.93. The van der Waals surface area contributed by atoms with E-state index >= 15 is 0 Å². The van der Waals surface area contributed by atoms with Gasteiger partial charge in [0.25, 0.3) is 0 Å². The maximum atomic E-state index is 13.7. The first-order chi connectivity index (χ1) is 10.5. The van der Waals surface area contributed by atoms with Crippen molar-refractivity contribution in [3.05, 3.63) is 57.7 Å². The van der Waals surface area contributed by atoms with Gasteiger partial charge in [0.1, 0.15) is 11.6 Å². The summed E-state index contributed by atoms with van der Waals surface area (Å²) >= 11 is 0. The van der Waals surface area contributed by atoms with E-state index < -0.39 is 5.91 Å². The number of amides is 1. The standard InChI is InChI=1S/C16H12FN3O2/c1-8-6-10(16(21)20-22)7-13-14(8)19-15(18-13)11-4-3-5-12(17)9(11)2/h3-7H,1-2H3,(H,18,19). The van der Waals surface area contributed by atoms with Crippen LogP contribution >= 0.6 is 0 Å². The number of benzene rings is 2. The normalized spacial score (nSPS) is 10.9. The van der Waals surface area contributed by atoms with Crippen LogP contribution in [-0.4, -0.2) is 15.9 Å². The lowest BCUT2D eigenvalue weighted by Crippen LogP contribution is -1.94. The Morgan fingerprint density at radius 1 is 1.27 bits per heavy atom. The van der Waals surface area contributed by atoms with Crippen LogP contribution in [0, 0.1) is 24.6 Å². The maximum Gasteiger partial charge on any atom is 0.316 e. The van der Waals surface area contributed by atoms with Crippen molar-refractivity contribution in [1.82, 2.24) is 9.97 Å². The molecule has 1 heterocycles. The number of nitroso groups, excluding NO2 is 1. The van der Waals surface area contributed by atoms with Crippen LogP contribution in [0.25, 0.3) is 22.4 Å². The van der Waals surface area contributed by atoms with Crippen molar-refractivity contribution in [2.75, 3.05) is 0 Å². The molecule has 0 aliphatic heterocycles. The molecule has 3 aromatic rings. The second kappa shape index (κ2) is 5.14. The number of H-pyrrole nitrogens is 1. The molecule has 0 bridgehead atoms. The zero-order valence-electron chi connectivity index (χ0n) is 12.0. The van der Waals surface area contributed by atoms with E-state index in [9.17, 15) is 14.1 Å². The number of hydrogen-bond acceptors (Lipinski definition) is 3. The number of aromatic amines is 1. The van der Waals surface area contributed by atoms with E-state index in [1.807, 2.05) is 0 Å². The van der Waals surface area contributed by atoms with Gasteiger partial charge in [0, 0.05) is 16.3 Å². The molecule has 1 N–H and O–H groups in total. The topological polar surface area (TPSA) is 75.2 Å². The van der Waals surface area contributed by atoms with E-state index in [4.69, 9.17) is 0 Å². The minimum Gasteiger partial charge on any atom is -0.338 e. The van der Waals surface area contributed by atoms with Gasteiger partial charge in [0.15, 0.2) is 0 Å². The molecule has 0 fully saturated rings. The van der Waals surface area contributed by atoms with Crippen molar-refractivity contribution >= 4 is 16.9 Å². The summed E-state index contributed by atoms with van der Waals surface area (Å²) in [7, 11) is 0. The third-order valence-electron chi connectivity index (χ3n) is 3.64. The van der Waals surface area contributed by atoms with Crippen LogP contribution in [0.3, 0.4) is 0 Å². The Kier molecular flexibility index (Phi) is 3.29. The van der Waals surface area contributed by atoms with Crippen molar-refractivity contribution in [1.29, 1.82) is 0 Å². The monoisotopic (exact) mass is 297 g/mol. The third kappa shape index (κ3) is 2.18. The Labute approximate surface area is 125 Å². The molecule has 0 atom stereocenters. The molecule has 1 amide bonds. The zero-order chi connectivity index (χ0) is 15.9. The summed E-state index contributed by atoms with van der Waals surface area (Å²) in [4.78, 5) is 29.3. The molecule has 1 aromatic heterocycles. The number of carbonyl (C=O) groups is 1. The second-order valence-electron chi connectivity index (χ2n) is 5.08. The van der Waals surface area contributed by atoms with Gasteiger partial charge in [0.2, 0.25) is 0 Å². The molecule has 0 saturated heterocycles. The van der Waals surface area contributed by atoms with Gasteiger partial charge in [-0.25, -0.2) is 9.37 Å². The Bertz CT molecular complexity index is 915. The number of fused-ring (bicyclic) bond motifs is 1. The van der Waals surface area contributed by atoms with Gasteiger partial charge in [-0.05, 0) is 43.2 Å². The summed E-state index contributed by atoms with van der Waals surface area (Å²) in [5.74, 6) is -0.633. The Hall–Kier alpha value is -2.89. The van der Waals surface area contributed by atoms with Gasteiger partial charge in [-0.1, -0.05) is 12.1 Å². The van der Waals surface area contributed by atoms with Crippen LogP contribution < -0.4 is 0 Å². The highest BCUT2D eigenvalue weighted by molar-refractivity contribution is 5.99. The van der Waals surface area contributed by atoms with Crippen molar-refractivity contribution in [3.8, 4) is 11.4 Å². The fourth-order valence-corrected chi connectivity index (χ4v) is 2.45. The van der Waals surface area contributed by atoms with Crippen LogP contribution in [0.4, 0.5) is 4.39 Å². The van der Waals surface area contributed by atoms with Gasteiger partial charge in [0.05, 0.1) is 11.0 Å². The fraction of sp³-hybridized carbons (Fsp3) is 0.125. The first-order valence-corrected chi connectivity index (χ1v) is 6.65. The molecule has 0 unspecified atom stereocenters. The van der Waals surface area contributed by atoms with Crippen molar-refractivity contribution in [3.63, 3.8) is 0 Å². The van der Waals surface area contributed by atoms with Crippen LogP contribution in [0.5, 0.6) is 0 Å². The molecule has 3 rings (SSSR count). The second-order valence-corrected chi connectivity index (χ2v) is 5.08. The lowest BCUT2D eigenvalue weighted by molar-refractivity contribution is 0.100. The number of nitrogens with zero attached hydrogens (tertiary/aromatic N) is 2. The summed E-state index contributed by atoms with van der Waals surface area (Å²) in [6, 6.07) is 7.85. The number of nitrogens with one attached hydrogen (secondary N) is 1. The van der Waals surface area contributed by atoms with Crippen LogP contribution in [-0.2, 0) is 0 Å². The molecule has 0 saturated carbocycles. The molecule has 0 radical (unpaired) electrons. The van der Waals surface area contributed by atoms with Crippen molar-refractivity contribution in [2.24, 2.45) is 5.18 Å². The molecule has 0 aliphatic carbocycles.